The average Bonchev–Trinajstić information content (AvgIpc) is 2.86. The maximum atomic E-state index is 12.7. The molecule has 33 heavy (non-hydrogen) atoms. The molecule has 0 heterocycles. The Hall–Kier alpha value is -4.13. The van der Waals surface area contributed by atoms with Gasteiger partial charge in [-0.15, -0.1) is 0 Å². The molecule has 2 amide bonds. The minimum Gasteiger partial charge on any atom is -0.462 e. The van der Waals surface area contributed by atoms with Crippen LogP contribution in [0.4, 0.5) is 17.1 Å². The number of amides is 2. The van der Waals surface area contributed by atoms with Crippen molar-refractivity contribution in [3.8, 4) is 0 Å². The van der Waals surface area contributed by atoms with E-state index in [9.17, 15) is 14.4 Å². The monoisotopic (exact) mass is 445 g/mol. The maximum Gasteiger partial charge on any atom is 0.338 e. The predicted octanol–water partition coefficient (Wildman–Crippen LogP) is 4.58. The molecule has 7 nitrogen and oxygen atoms in total. The van der Waals surface area contributed by atoms with Crippen LogP contribution in [0.15, 0.2) is 78.9 Å². The Labute approximate surface area is 193 Å². The van der Waals surface area contributed by atoms with Crippen LogP contribution in [0.2, 0.25) is 0 Å². The number of hydrogen-bond acceptors (Lipinski definition) is 5. The van der Waals surface area contributed by atoms with Crippen LogP contribution < -0.4 is 15.5 Å². The van der Waals surface area contributed by atoms with Crippen molar-refractivity contribution >= 4 is 34.8 Å². The smallest absolute Gasteiger partial charge is 0.338 e. The summed E-state index contributed by atoms with van der Waals surface area (Å²) in [6, 6.07) is 22.9. The Balaban J connectivity index is 1.49. The molecular formula is C26H27N3O4. The fraction of sp³-hybridized carbons (Fsp3) is 0.192. The first kappa shape index (κ1) is 23.5. The minimum absolute atomic E-state index is 0.0526. The number of anilines is 3. The molecule has 0 bridgehead atoms. The molecule has 0 fully saturated rings. The van der Waals surface area contributed by atoms with Gasteiger partial charge >= 0.3 is 5.97 Å². The first-order valence-corrected chi connectivity index (χ1v) is 10.7. The van der Waals surface area contributed by atoms with Gasteiger partial charge in [0.1, 0.15) is 0 Å². The van der Waals surface area contributed by atoms with E-state index >= 15 is 0 Å². The zero-order chi connectivity index (χ0) is 23.6. The van der Waals surface area contributed by atoms with E-state index in [1.54, 1.807) is 60.5 Å². The van der Waals surface area contributed by atoms with Crippen molar-refractivity contribution < 1.29 is 19.1 Å². The van der Waals surface area contributed by atoms with Crippen molar-refractivity contribution in [1.29, 1.82) is 0 Å². The van der Waals surface area contributed by atoms with E-state index in [1.807, 2.05) is 37.3 Å². The van der Waals surface area contributed by atoms with E-state index in [1.165, 1.54) is 0 Å². The van der Waals surface area contributed by atoms with Crippen LogP contribution in [0.1, 0.15) is 34.1 Å². The number of rotatable bonds is 9. The first-order valence-electron chi connectivity index (χ1n) is 10.7. The van der Waals surface area contributed by atoms with E-state index in [-0.39, 0.29) is 24.3 Å². The molecule has 0 atom stereocenters. The summed E-state index contributed by atoms with van der Waals surface area (Å²) in [4.78, 5) is 38.3. The molecule has 3 aromatic carbocycles. The molecule has 3 aromatic rings. The Morgan fingerprint density at radius 3 is 2.06 bits per heavy atom. The molecule has 0 unspecified atom stereocenters. The number of benzene rings is 3. The van der Waals surface area contributed by atoms with E-state index < -0.39 is 0 Å². The summed E-state index contributed by atoms with van der Waals surface area (Å²) in [5.74, 6) is -0.734. The van der Waals surface area contributed by atoms with Crippen molar-refractivity contribution in [3.05, 3.63) is 90.0 Å². The Bertz CT molecular complexity index is 1080. The predicted molar refractivity (Wildman–Crippen MR) is 130 cm³/mol. The van der Waals surface area contributed by atoms with Gasteiger partial charge < -0.3 is 20.3 Å². The van der Waals surface area contributed by atoms with Gasteiger partial charge in [0, 0.05) is 29.7 Å². The molecular weight excluding hydrogens is 418 g/mol. The lowest BCUT2D eigenvalue weighted by Gasteiger charge is -2.17. The summed E-state index contributed by atoms with van der Waals surface area (Å²) in [7, 11) is 1.72. The molecule has 0 aromatic heterocycles. The molecule has 0 saturated heterocycles. The molecule has 0 saturated carbocycles. The summed E-state index contributed by atoms with van der Waals surface area (Å²) in [5, 5.41) is 5.80. The molecule has 0 aliphatic carbocycles. The van der Waals surface area contributed by atoms with Gasteiger partial charge in [0.15, 0.2) is 0 Å². The normalized spacial score (nSPS) is 10.2. The van der Waals surface area contributed by atoms with Gasteiger partial charge in [-0.05, 0) is 67.1 Å². The lowest BCUT2D eigenvalue weighted by atomic mass is 10.1. The highest BCUT2D eigenvalue weighted by molar-refractivity contribution is 6.06. The van der Waals surface area contributed by atoms with Crippen LogP contribution in [-0.2, 0) is 9.53 Å². The number of carbonyl (C=O) groups is 3. The van der Waals surface area contributed by atoms with Crippen LogP contribution in [0, 0.1) is 0 Å². The SMILES string of the molecule is CCCOC(=O)c1ccc(NCC(=O)Nc2ccc(C(=O)N(C)c3ccccc3)cc2)cc1. The molecule has 7 heteroatoms. The van der Waals surface area contributed by atoms with Crippen LogP contribution in [0.25, 0.3) is 0 Å². The quantitative estimate of drug-likeness (QED) is 0.471. The fourth-order valence-corrected chi connectivity index (χ4v) is 3.05. The Morgan fingerprint density at radius 2 is 1.42 bits per heavy atom. The topological polar surface area (TPSA) is 87.7 Å². The lowest BCUT2D eigenvalue weighted by molar-refractivity contribution is -0.114. The van der Waals surface area contributed by atoms with Crippen molar-refractivity contribution in [2.45, 2.75) is 13.3 Å². The summed E-state index contributed by atoms with van der Waals surface area (Å²) < 4.78 is 5.09. The average molecular weight is 446 g/mol. The van der Waals surface area contributed by atoms with Crippen LogP contribution in [-0.4, -0.2) is 38.0 Å². The number of carbonyl (C=O) groups excluding carboxylic acids is 3. The Morgan fingerprint density at radius 1 is 0.818 bits per heavy atom. The van der Waals surface area contributed by atoms with Gasteiger partial charge in [-0.2, -0.15) is 0 Å². The van der Waals surface area contributed by atoms with Gasteiger partial charge in [-0.3, -0.25) is 9.59 Å². The second-order valence-electron chi connectivity index (χ2n) is 7.39. The maximum absolute atomic E-state index is 12.7. The summed E-state index contributed by atoms with van der Waals surface area (Å²) in [5.41, 5.74) is 3.09. The van der Waals surface area contributed by atoms with Gasteiger partial charge in [0.05, 0.1) is 18.7 Å². The minimum atomic E-state index is -0.363. The standard InChI is InChI=1S/C26H27N3O4/c1-3-17-33-26(32)20-11-13-21(14-12-20)27-18-24(30)28-22-15-9-19(10-16-22)25(31)29(2)23-7-5-4-6-8-23/h4-16,27H,3,17-18H2,1-2H3,(H,28,30). The van der Waals surface area contributed by atoms with Crippen LogP contribution >= 0.6 is 0 Å². The largest absolute Gasteiger partial charge is 0.462 e. The summed E-state index contributed by atoms with van der Waals surface area (Å²) in [6.45, 7) is 2.37. The van der Waals surface area contributed by atoms with Gasteiger partial charge in [-0.1, -0.05) is 25.1 Å². The van der Waals surface area contributed by atoms with Gasteiger partial charge in [0.2, 0.25) is 5.91 Å². The molecule has 170 valence electrons. The fourth-order valence-electron chi connectivity index (χ4n) is 3.05. The summed E-state index contributed by atoms with van der Waals surface area (Å²) in [6.07, 6.45) is 0.768. The van der Waals surface area contributed by atoms with Crippen molar-refractivity contribution in [2.75, 3.05) is 35.7 Å². The van der Waals surface area contributed by atoms with Crippen LogP contribution in [0.3, 0.4) is 0 Å². The third-order valence-electron chi connectivity index (χ3n) is 4.87. The molecule has 3 rings (SSSR count). The lowest BCUT2D eigenvalue weighted by Crippen LogP contribution is -2.26. The van der Waals surface area contributed by atoms with Crippen molar-refractivity contribution in [2.24, 2.45) is 0 Å². The second kappa shape index (κ2) is 11.5. The number of ether oxygens (including phenoxy) is 1. The Kier molecular flexibility index (Phi) is 8.18. The highest BCUT2D eigenvalue weighted by atomic mass is 16.5. The second-order valence-corrected chi connectivity index (χ2v) is 7.39. The van der Waals surface area contributed by atoms with E-state index in [0.717, 1.165) is 12.1 Å². The van der Waals surface area contributed by atoms with Gasteiger partial charge in [-0.25, -0.2) is 4.79 Å². The molecule has 0 radical (unpaired) electrons. The third kappa shape index (κ3) is 6.67. The first-order chi connectivity index (χ1) is 16.0. The van der Waals surface area contributed by atoms with E-state index in [0.29, 0.717) is 29.1 Å². The zero-order valence-electron chi connectivity index (χ0n) is 18.7. The molecule has 0 spiro atoms. The van der Waals surface area contributed by atoms with Crippen molar-refractivity contribution in [1.82, 2.24) is 0 Å². The number of nitrogens with zero attached hydrogens (tertiary/aromatic N) is 1. The third-order valence-corrected chi connectivity index (χ3v) is 4.87. The van der Waals surface area contributed by atoms with E-state index in [2.05, 4.69) is 10.6 Å². The molecule has 2 N–H and O–H groups in total. The number of para-hydroxylation sites is 1. The molecule has 0 aliphatic heterocycles. The number of hydrogen-bond donors (Lipinski definition) is 2. The van der Waals surface area contributed by atoms with Crippen LogP contribution in [0.5, 0.6) is 0 Å². The highest BCUT2D eigenvalue weighted by Crippen LogP contribution is 2.17. The number of nitrogens with one attached hydrogen (secondary N) is 2. The highest BCUT2D eigenvalue weighted by Gasteiger charge is 2.13. The van der Waals surface area contributed by atoms with Crippen molar-refractivity contribution in [3.63, 3.8) is 0 Å². The number of esters is 1. The van der Waals surface area contributed by atoms with E-state index in [4.69, 9.17) is 4.74 Å². The summed E-state index contributed by atoms with van der Waals surface area (Å²) >= 11 is 0. The zero-order valence-corrected chi connectivity index (χ0v) is 18.7. The van der Waals surface area contributed by atoms with Gasteiger partial charge in [0.25, 0.3) is 5.91 Å². The molecule has 0 aliphatic rings.